The highest BCUT2D eigenvalue weighted by Gasteiger charge is 2.48. The van der Waals surface area contributed by atoms with Gasteiger partial charge in [-0.2, -0.15) is 0 Å². The largest absolute Gasteiger partial charge is 0.481 e. The molecule has 0 aromatic carbocycles. The number of hydrogen-bond donors (Lipinski definition) is 1. The van der Waals surface area contributed by atoms with Gasteiger partial charge in [0.2, 0.25) is 0 Å². The lowest BCUT2D eigenvalue weighted by Crippen LogP contribution is -2.33. The summed E-state index contributed by atoms with van der Waals surface area (Å²) in [4.78, 5) is 15.6. The van der Waals surface area contributed by atoms with Crippen molar-refractivity contribution < 1.29 is 9.90 Å². The van der Waals surface area contributed by atoms with Crippen LogP contribution in [0.1, 0.15) is 37.6 Å². The summed E-state index contributed by atoms with van der Waals surface area (Å²) >= 11 is 1.47. The number of carbonyl (C=O) groups is 1. The lowest BCUT2D eigenvalue weighted by Gasteiger charge is -2.21. The van der Waals surface area contributed by atoms with Crippen LogP contribution >= 0.6 is 11.3 Å². The Balaban J connectivity index is 2.31. The number of carboxylic acid groups (broad SMARTS) is 1. The van der Waals surface area contributed by atoms with E-state index >= 15 is 0 Å². The van der Waals surface area contributed by atoms with Crippen LogP contribution in [0.3, 0.4) is 0 Å². The van der Waals surface area contributed by atoms with Gasteiger partial charge in [-0.05, 0) is 25.2 Å². The van der Waals surface area contributed by atoms with E-state index in [9.17, 15) is 9.90 Å². The number of nitrogens with zero attached hydrogens (tertiary/aromatic N) is 1. The molecule has 0 amide bonds. The van der Waals surface area contributed by atoms with Gasteiger partial charge >= 0.3 is 5.97 Å². The molecule has 4 heteroatoms. The van der Waals surface area contributed by atoms with E-state index in [1.807, 2.05) is 5.38 Å². The zero-order chi connectivity index (χ0) is 10.9. The number of aromatic nitrogens is 1. The predicted molar refractivity (Wildman–Crippen MR) is 59.1 cm³/mol. The van der Waals surface area contributed by atoms with Gasteiger partial charge in [-0.25, -0.2) is 4.98 Å². The summed E-state index contributed by atoms with van der Waals surface area (Å²) in [5.41, 5.74) is -0.686. The number of aliphatic carboxylic acids is 1. The summed E-state index contributed by atoms with van der Waals surface area (Å²) < 4.78 is 0. The minimum atomic E-state index is -0.701. The lowest BCUT2D eigenvalue weighted by atomic mass is 9.85. The highest BCUT2D eigenvalue weighted by atomic mass is 32.1. The Bertz CT molecular complexity index is 349. The third-order valence-corrected chi connectivity index (χ3v) is 4.42. The second kappa shape index (κ2) is 3.93. The molecule has 2 rings (SSSR count). The Labute approximate surface area is 93.2 Å². The average molecular weight is 225 g/mol. The number of hydrogen-bond acceptors (Lipinski definition) is 3. The third-order valence-electron chi connectivity index (χ3n) is 3.44. The van der Waals surface area contributed by atoms with E-state index in [1.54, 1.807) is 6.20 Å². The van der Waals surface area contributed by atoms with E-state index < -0.39 is 11.4 Å². The first-order valence-corrected chi connectivity index (χ1v) is 6.20. The first-order chi connectivity index (χ1) is 7.19. The molecule has 2 unspecified atom stereocenters. The van der Waals surface area contributed by atoms with Gasteiger partial charge in [0.25, 0.3) is 0 Å². The van der Waals surface area contributed by atoms with E-state index in [4.69, 9.17) is 0 Å². The van der Waals surface area contributed by atoms with Crippen molar-refractivity contribution in [3.05, 3.63) is 16.6 Å². The van der Waals surface area contributed by atoms with Crippen LogP contribution in [0.15, 0.2) is 11.6 Å². The normalized spacial score (nSPS) is 30.6. The molecule has 1 fully saturated rings. The van der Waals surface area contributed by atoms with Gasteiger partial charge in [-0.1, -0.05) is 13.3 Å². The molecule has 15 heavy (non-hydrogen) atoms. The van der Waals surface area contributed by atoms with Crippen molar-refractivity contribution in [2.24, 2.45) is 5.92 Å². The van der Waals surface area contributed by atoms with Gasteiger partial charge in [0.15, 0.2) is 0 Å². The van der Waals surface area contributed by atoms with E-state index in [-0.39, 0.29) is 0 Å². The molecule has 0 bridgehead atoms. The highest BCUT2D eigenvalue weighted by Crippen LogP contribution is 2.46. The lowest BCUT2D eigenvalue weighted by molar-refractivity contribution is -0.143. The fraction of sp³-hybridized carbons (Fsp3) is 0.636. The molecule has 1 aliphatic rings. The van der Waals surface area contributed by atoms with Gasteiger partial charge in [-0.15, -0.1) is 11.3 Å². The van der Waals surface area contributed by atoms with E-state index in [1.165, 1.54) is 11.3 Å². The molecule has 0 aliphatic heterocycles. The van der Waals surface area contributed by atoms with Gasteiger partial charge in [-0.3, -0.25) is 4.79 Å². The molecule has 1 N–H and O–H groups in total. The molecular weight excluding hydrogens is 210 g/mol. The quantitative estimate of drug-likeness (QED) is 0.860. The second-order valence-corrected chi connectivity index (χ2v) is 5.14. The van der Waals surface area contributed by atoms with Crippen LogP contribution in [0.2, 0.25) is 0 Å². The maximum Gasteiger partial charge on any atom is 0.316 e. The van der Waals surface area contributed by atoms with Crippen molar-refractivity contribution in [2.75, 3.05) is 0 Å². The minimum absolute atomic E-state index is 0.546. The maximum absolute atomic E-state index is 11.5. The Morgan fingerprint density at radius 2 is 2.60 bits per heavy atom. The maximum atomic E-state index is 11.5. The summed E-state index contributed by atoms with van der Waals surface area (Å²) in [6.07, 6.45) is 5.29. The fourth-order valence-corrected chi connectivity index (χ4v) is 3.31. The molecule has 1 aromatic rings. The van der Waals surface area contributed by atoms with Crippen LogP contribution < -0.4 is 0 Å². The average Bonchev–Trinajstić information content (AvgIpc) is 2.87. The molecule has 82 valence electrons. The molecule has 1 aliphatic carbocycles. The molecule has 0 radical (unpaired) electrons. The zero-order valence-corrected chi connectivity index (χ0v) is 9.59. The van der Waals surface area contributed by atoms with Gasteiger partial charge in [0.05, 0.1) is 0 Å². The zero-order valence-electron chi connectivity index (χ0n) is 8.77. The molecule has 2 atom stereocenters. The monoisotopic (exact) mass is 225 g/mol. The van der Waals surface area contributed by atoms with Crippen LogP contribution in [-0.4, -0.2) is 16.1 Å². The molecule has 1 heterocycles. The predicted octanol–water partition coefficient (Wildman–Crippen LogP) is 2.68. The second-order valence-electron chi connectivity index (χ2n) is 4.24. The molecule has 1 saturated carbocycles. The van der Waals surface area contributed by atoms with E-state index in [0.717, 1.165) is 30.7 Å². The van der Waals surface area contributed by atoms with E-state index in [0.29, 0.717) is 5.92 Å². The van der Waals surface area contributed by atoms with Crippen molar-refractivity contribution in [3.8, 4) is 0 Å². The van der Waals surface area contributed by atoms with Crippen LogP contribution in [0, 0.1) is 5.92 Å². The van der Waals surface area contributed by atoms with Gasteiger partial charge in [0.1, 0.15) is 10.4 Å². The van der Waals surface area contributed by atoms with Gasteiger partial charge in [0, 0.05) is 11.6 Å². The van der Waals surface area contributed by atoms with Crippen molar-refractivity contribution >= 4 is 17.3 Å². The molecular formula is C11H15NO2S. The Morgan fingerprint density at radius 3 is 3.07 bits per heavy atom. The highest BCUT2D eigenvalue weighted by molar-refractivity contribution is 7.09. The summed E-state index contributed by atoms with van der Waals surface area (Å²) in [6.45, 7) is 2.13. The summed E-state index contributed by atoms with van der Waals surface area (Å²) in [5.74, 6) is -0.154. The third kappa shape index (κ3) is 1.67. The molecule has 1 aromatic heterocycles. The Morgan fingerprint density at radius 1 is 1.80 bits per heavy atom. The first-order valence-electron chi connectivity index (χ1n) is 5.32. The topological polar surface area (TPSA) is 50.2 Å². The van der Waals surface area contributed by atoms with Crippen LogP contribution in [0.25, 0.3) is 0 Å². The standard InChI is InChI=1S/C11H15NO2S/c1-2-8-3-4-11(7-8,10(13)14)9-12-5-6-15-9/h5-6,8H,2-4,7H2,1H3,(H,13,14). The molecule has 3 nitrogen and oxygen atoms in total. The van der Waals surface area contributed by atoms with Crippen LogP contribution in [0.5, 0.6) is 0 Å². The SMILES string of the molecule is CCC1CCC(C(=O)O)(c2nccs2)C1. The van der Waals surface area contributed by atoms with Crippen molar-refractivity contribution in [2.45, 2.75) is 38.0 Å². The molecule has 0 saturated heterocycles. The minimum Gasteiger partial charge on any atom is -0.481 e. The van der Waals surface area contributed by atoms with Crippen molar-refractivity contribution in [1.82, 2.24) is 4.98 Å². The number of thiazole rings is 1. The summed E-state index contributed by atoms with van der Waals surface area (Å²) in [7, 11) is 0. The molecule has 0 spiro atoms. The Hall–Kier alpha value is -0.900. The van der Waals surface area contributed by atoms with Crippen molar-refractivity contribution in [1.29, 1.82) is 0 Å². The Kier molecular flexibility index (Phi) is 2.78. The number of rotatable bonds is 3. The smallest absolute Gasteiger partial charge is 0.316 e. The summed E-state index contributed by atoms with van der Waals surface area (Å²) in [5, 5.41) is 12.1. The summed E-state index contributed by atoms with van der Waals surface area (Å²) in [6, 6.07) is 0. The first kappa shape index (κ1) is 10.6. The van der Waals surface area contributed by atoms with Crippen molar-refractivity contribution in [3.63, 3.8) is 0 Å². The van der Waals surface area contributed by atoms with Gasteiger partial charge < -0.3 is 5.11 Å². The van der Waals surface area contributed by atoms with E-state index in [2.05, 4.69) is 11.9 Å². The number of carboxylic acids is 1. The van der Waals surface area contributed by atoms with Crippen LogP contribution in [0.4, 0.5) is 0 Å². The van der Waals surface area contributed by atoms with Crippen LogP contribution in [-0.2, 0) is 10.2 Å². The fourth-order valence-electron chi connectivity index (χ4n) is 2.44.